The second kappa shape index (κ2) is 13.5. The van der Waals surface area contributed by atoms with Gasteiger partial charge in [0.15, 0.2) is 22.7 Å². The number of carbonyl (C=O) groups excluding carboxylic acids is 2. The fourth-order valence-electron chi connectivity index (χ4n) is 5.79. The molecule has 0 fully saturated rings. The molecule has 6 aromatic heterocycles. The largest absolute Gasteiger partial charge is 0.469 e. The minimum Gasteiger partial charge on any atom is -0.469 e. The number of fused-ring (bicyclic) bond motifs is 4. The molecule has 2 amide bonds. The Morgan fingerprint density at radius 2 is 1.37 bits per heavy atom. The first kappa shape index (κ1) is 32.1. The predicted octanol–water partition coefficient (Wildman–Crippen LogP) is 7.18. The van der Waals surface area contributed by atoms with Gasteiger partial charge in [-0.25, -0.2) is 19.0 Å². The second-order valence-electron chi connectivity index (χ2n) is 10.7. The van der Waals surface area contributed by atoms with E-state index in [1.54, 1.807) is 63.6 Å². The molecule has 0 spiro atoms. The van der Waals surface area contributed by atoms with Crippen LogP contribution in [0.15, 0.2) is 74.1 Å². The van der Waals surface area contributed by atoms with Crippen molar-refractivity contribution in [3.8, 4) is 0 Å². The summed E-state index contributed by atoms with van der Waals surface area (Å²) < 4.78 is 10.3. The van der Waals surface area contributed by atoms with Crippen molar-refractivity contribution in [1.29, 1.82) is 0 Å². The maximum absolute atomic E-state index is 12.8. The quantitative estimate of drug-likeness (QED) is 0.183. The summed E-state index contributed by atoms with van der Waals surface area (Å²) in [6.45, 7) is 9.45. The molecule has 11 nitrogen and oxygen atoms in total. The van der Waals surface area contributed by atoms with Crippen LogP contribution in [0.4, 0.5) is 0 Å². The minimum absolute atomic E-state index is 0.0143. The molecule has 2 aliphatic rings. The molecule has 8 heterocycles. The van der Waals surface area contributed by atoms with Gasteiger partial charge >= 0.3 is 0 Å². The topological polar surface area (TPSA) is 114 Å². The van der Waals surface area contributed by atoms with Crippen LogP contribution in [-0.4, -0.2) is 63.9 Å². The molecular weight excluding hydrogens is 736 g/mol. The molecule has 8 rings (SSSR count). The van der Waals surface area contributed by atoms with Crippen molar-refractivity contribution in [2.45, 2.75) is 52.6 Å². The molecule has 2 aliphatic heterocycles. The molecule has 0 saturated heterocycles. The zero-order valence-electron chi connectivity index (χ0n) is 25.7. The summed E-state index contributed by atoms with van der Waals surface area (Å²) in [4.78, 5) is 39.2. The van der Waals surface area contributed by atoms with Gasteiger partial charge in [0.05, 0.1) is 27.3 Å². The lowest BCUT2D eigenvalue weighted by Gasteiger charge is -2.33. The lowest BCUT2D eigenvalue weighted by Crippen LogP contribution is -2.38. The van der Waals surface area contributed by atoms with Gasteiger partial charge in [-0.2, -0.15) is 10.2 Å². The van der Waals surface area contributed by atoms with Crippen LogP contribution in [-0.2, 0) is 12.8 Å². The number of hydrogen-bond donors (Lipinski definition) is 0. The minimum atomic E-state index is -0.0824. The van der Waals surface area contributed by atoms with Crippen molar-refractivity contribution in [2.75, 3.05) is 13.1 Å². The Labute approximate surface area is 286 Å². The molecule has 0 aromatic carbocycles. The van der Waals surface area contributed by atoms with E-state index in [0.29, 0.717) is 29.2 Å². The normalized spacial score (nSPS) is 17.1. The average molecular weight is 769 g/mol. The van der Waals surface area contributed by atoms with Crippen molar-refractivity contribution in [2.24, 2.45) is 0 Å². The van der Waals surface area contributed by atoms with Crippen LogP contribution in [0.2, 0.25) is 0 Å². The highest BCUT2D eigenvalue weighted by Crippen LogP contribution is 2.34. The highest BCUT2D eigenvalue weighted by atomic mass is 79.9. The zero-order valence-corrected chi connectivity index (χ0v) is 29.7. The summed E-state index contributed by atoms with van der Waals surface area (Å²) in [5, 5.41) is 10.8. The van der Waals surface area contributed by atoms with Crippen molar-refractivity contribution in [1.82, 2.24) is 39.0 Å². The standard InChI is InChI=1S/C15H13BrN4O2.C15H13BrN4OS.C2H6/c2*1-9-11-3-5-22-13(11)2-4-19(9)15(21)12-6-14-17-7-10(16)8-20(14)18-12;1-2/h2*3,5-9H,2,4H2,1H3;1-2H3. The third-order valence-electron chi connectivity index (χ3n) is 8.08. The molecule has 0 radical (unpaired) electrons. The fourth-order valence-corrected chi connectivity index (χ4v) is 7.34. The predicted molar refractivity (Wildman–Crippen MR) is 182 cm³/mol. The number of hydrogen-bond acceptors (Lipinski definition) is 8. The van der Waals surface area contributed by atoms with Crippen LogP contribution >= 0.6 is 43.2 Å². The van der Waals surface area contributed by atoms with Gasteiger partial charge < -0.3 is 14.2 Å². The van der Waals surface area contributed by atoms with Gasteiger partial charge in [0.1, 0.15) is 5.76 Å². The first-order valence-electron chi connectivity index (χ1n) is 15.0. The van der Waals surface area contributed by atoms with E-state index in [1.807, 2.05) is 36.6 Å². The van der Waals surface area contributed by atoms with E-state index >= 15 is 0 Å². The summed E-state index contributed by atoms with van der Waals surface area (Å²) in [6.07, 6.45) is 10.3. The van der Waals surface area contributed by atoms with Gasteiger partial charge in [-0.15, -0.1) is 11.3 Å². The van der Waals surface area contributed by atoms with Crippen molar-refractivity contribution >= 4 is 66.3 Å². The molecule has 0 N–H and O–H groups in total. The summed E-state index contributed by atoms with van der Waals surface area (Å²) in [5.74, 6) is 0.851. The molecule has 46 heavy (non-hydrogen) atoms. The molecule has 238 valence electrons. The van der Waals surface area contributed by atoms with Crippen LogP contribution in [0, 0.1) is 0 Å². The monoisotopic (exact) mass is 766 g/mol. The Morgan fingerprint density at radius 3 is 1.96 bits per heavy atom. The van der Waals surface area contributed by atoms with Gasteiger partial charge in [0.25, 0.3) is 11.8 Å². The van der Waals surface area contributed by atoms with Gasteiger partial charge in [0, 0.05) is 66.9 Å². The Hall–Kier alpha value is -3.88. The second-order valence-corrected chi connectivity index (χ2v) is 13.5. The Morgan fingerprint density at radius 1 is 0.826 bits per heavy atom. The van der Waals surface area contributed by atoms with Crippen molar-refractivity contribution in [3.63, 3.8) is 0 Å². The van der Waals surface area contributed by atoms with E-state index < -0.39 is 0 Å². The van der Waals surface area contributed by atoms with Crippen LogP contribution in [0.25, 0.3) is 11.3 Å². The molecule has 2 unspecified atom stereocenters. The van der Waals surface area contributed by atoms with Gasteiger partial charge in [-0.3, -0.25) is 9.59 Å². The van der Waals surface area contributed by atoms with E-state index in [0.717, 1.165) is 39.7 Å². The van der Waals surface area contributed by atoms with Crippen LogP contribution < -0.4 is 0 Å². The number of furan rings is 1. The number of rotatable bonds is 2. The lowest BCUT2D eigenvalue weighted by molar-refractivity contribution is 0.0660. The van der Waals surface area contributed by atoms with E-state index in [2.05, 4.69) is 70.4 Å². The summed E-state index contributed by atoms with van der Waals surface area (Å²) in [5.41, 5.74) is 4.51. The smallest absolute Gasteiger partial charge is 0.274 e. The maximum Gasteiger partial charge on any atom is 0.274 e. The Bertz CT molecular complexity index is 1890. The molecule has 0 aliphatic carbocycles. The summed E-state index contributed by atoms with van der Waals surface area (Å²) in [6, 6.07) is 7.58. The molecule has 2 atom stereocenters. The van der Waals surface area contributed by atoms with Gasteiger partial charge in [-0.1, -0.05) is 13.8 Å². The first-order valence-corrected chi connectivity index (χ1v) is 17.5. The average Bonchev–Trinajstić information content (AvgIpc) is 3.87. The van der Waals surface area contributed by atoms with Gasteiger partial charge in [0.2, 0.25) is 0 Å². The van der Waals surface area contributed by atoms with E-state index in [-0.39, 0.29) is 23.9 Å². The number of nitrogens with zero attached hydrogens (tertiary/aromatic N) is 8. The van der Waals surface area contributed by atoms with Crippen LogP contribution in [0.3, 0.4) is 0 Å². The maximum atomic E-state index is 12.8. The third-order valence-corrected chi connectivity index (χ3v) is 9.89. The van der Waals surface area contributed by atoms with Gasteiger partial charge in [-0.05, 0) is 75.2 Å². The highest BCUT2D eigenvalue weighted by molar-refractivity contribution is 9.10. The molecule has 6 aromatic rings. The summed E-state index contributed by atoms with van der Waals surface area (Å²) in [7, 11) is 0. The molecule has 14 heteroatoms. The van der Waals surface area contributed by atoms with Crippen molar-refractivity contribution < 1.29 is 14.0 Å². The lowest BCUT2D eigenvalue weighted by atomic mass is 10.0. The number of amides is 2. The van der Waals surface area contributed by atoms with E-state index in [1.165, 1.54) is 10.4 Å². The fraction of sp³-hybridized carbons (Fsp3) is 0.312. The first-order chi connectivity index (χ1) is 22.3. The molecular formula is C32H32Br2N8O3S. The summed E-state index contributed by atoms with van der Waals surface area (Å²) >= 11 is 8.48. The van der Waals surface area contributed by atoms with Crippen molar-refractivity contribution in [3.05, 3.63) is 103 Å². The third kappa shape index (κ3) is 6.13. The molecule has 0 bridgehead atoms. The Kier molecular flexibility index (Phi) is 9.39. The zero-order chi connectivity index (χ0) is 32.5. The Balaban J connectivity index is 0.000000153. The van der Waals surface area contributed by atoms with Crippen LogP contribution in [0.1, 0.15) is 82.5 Å². The number of aromatic nitrogens is 6. The van der Waals surface area contributed by atoms with Crippen LogP contribution in [0.5, 0.6) is 0 Å². The van der Waals surface area contributed by atoms with E-state index in [4.69, 9.17) is 4.42 Å². The van der Waals surface area contributed by atoms with E-state index in [9.17, 15) is 9.59 Å². The molecule has 0 saturated carbocycles. The number of carbonyl (C=O) groups is 2. The number of thiophene rings is 1. The highest BCUT2D eigenvalue weighted by Gasteiger charge is 2.32. The SMILES string of the molecule is CC.CC1c2ccoc2CCN1C(=O)c1cc2ncc(Br)cn2n1.CC1c2ccsc2CCN1C(=O)c1cc2ncc(Br)cn2n1. The number of halogens is 2.